The van der Waals surface area contributed by atoms with Crippen LogP contribution in [0.2, 0.25) is 0 Å². The maximum absolute atomic E-state index is 11.7. The average molecular weight is 184 g/mol. The predicted octanol–water partition coefficient (Wildman–Crippen LogP) is 1.51. The van der Waals surface area contributed by atoms with Gasteiger partial charge in [-0.3, -0.25) is 4.79 Å². The molecule has 0 spiro atoms. The van der Waals surface area contributed by atoms with E-state index in [0.29, 0.717) is 0 Å². The molecular weight excluding hydrogens is 168 g/mol. The van der Waals surface area contributed by atoms with Crippen molar-refractivity contribution in [1.29, 1.82) is 0 Å². The van der Waals surface area contributed by atoms with Crippen LogP contribution in [-0.2, 0) is 14.3 Å². The zero-order chi connectivity index (χ0) is 9.47. The van der Waals surface area contributed by atoms with Crippen LogP contribution in [0.1, 0.15) is 32.6 Å². The van der Waals surface area contributed by atoms with Crippen molar-refractivity contribution in [3.05, 3.63) is 0 Å². The second-order valence-electron chi connectivity index (χ2n) is 4.18. The van der Waals surface area contributed by atoms with Gasteiger partial charge >= 0.3 is 5.97 Å². The fourth-order valence-corrected chi connectivity index (χ4v) is 2.83. The molecule has 1 aliphatic carbocycles. The normalized spacial score (nSPS) is 43.2. The van der Waals surface area contributed by atoms with E-state index < -0.39 is 0 Å². The molecule has 0 N–H and O–H groups in total. The molecule has 13 heavy (non-hydrogen) atoms. The number of hydrogen-bond acceptors (Lipinski definition) is 3. The molecule has 0 aromatic carbocycles. The lowest BCUT2D eigenvalue weighted by Crippen LogP contribution is -2.35. The van der Waals surface area contributed by atoms with Crippen LogP contribution in [0.25, 0.3) is 0 Å². The number of rotatable bonds is 1. The van der Waals surface area contributed by atoms with Crippen LogP contribution in [0.4, 0.5) is 0 Å². The van der Waals surface area contributed by atoms with E-state index in [1.165, 1.54) is 7.11 Å². The topological polar surface area (TPSA) is 35.5 Å². The summed E-state index contributed by atoms with van der Waals surface area (Å²) in [5.74, 6) is -0.0700. The highest BCUT2D eigenvalue weighted by atomic mass is 16.5. The fourth-order valence-electron chi connectivity index (χ4n) is 2.83. The molecule has 74 valence electrons. The highest BCUT2D eigenvalue weighted by Gasteiger charge is 2.56. The van der Waals surface area contributed by atoms with Gasteiger partial charge in [-0.05, 0) is 32.6 Å². The Balaban J connectivity index is 2.23. The van der Waals surface area contributed by atoms with Gasteiger partial charge in [-0.2, -0.15) is 0 Å². The number of carbonyl (C=O) groups excluding carboxylic acids is 1. The van der Waals surface area contributed by atoms with Crippen LogP contribution < -0.4 is 0 Å². The number of esters is 1. The van der Waals surface area contributed by atoms with E-state index >= 15 is 0 Å². The first-order valence-electron chi connectivity index (χ1n) is 4.93. The number of carbonyl (C=O) groups is 1. The number of ether oxygens (including phenoxy) is 2. The van der Waals surface area contributed by atoms with Gasteiger partial charge in [0.15, 0.2) is 0 Å². The number of methoxy groups -OCH3 is 1. The maximum atomic E-state index is 11.7. The third-order valence-electron chi connectivity index (χ3n) is 3.35. The SMILES string of the molecule is COC(=O)[C@@]12CCC[C@@H]1O[C@H](C)C2. The van der Waals surface area contributed by atoms with Gasteiger partial charge in [-0.1, -0.05) is 0 Å². The fraction of sp³-hybridized carbons (Fsp3) is 0.900. The lowest BCUT2D eigenvalue weighted by atomic mass is 9.81. The molecule has 2 rings (SSSR count). The van der Waals surface area contributed by atoms with E-state index in [2.05, 4.69) is 0 Å². The van der Waals surface area contributed by atoms with Crippen LogP contribution in [0.3, 0.4) is 0 Å². The molecule has 3 atom stereocenters. The highest BCUT2D eigenvalue weighted by Crippen LogP contribution is 2.50. The van der Waals surface area contributed by atoms with Gasteiger partial charge in [0.25, 0.3) is 0 Å². The summed E-state index contributed by atoms with van der Waals surface area (Å²) in [5, 5.41) is 0. The van der Waals surface area contributed by atoms with Crippen molar-refractivity contribution in [3.8, 4) is 0 Å². The molecule has 0 aromatic heterocycles. The van der Waals surface area contributed by atoms with E-state index in [4.69, 9.17) is 9.47 Å². The van der Waals surface area contributed by atoms with Crippen molar-refractivity contribution in [3.63, 3.8) is 0 Å². The Morgan fingerprint density at radius 3 is 3.08 bits per heavy atom. The minimum absolute atomic E-state index is 0.0700. The molecule has 0 aromatic rings. The summed E-state index contributed by atoms with van der Waals surface area (Å²) < 4.78 is 10.6. The van der Waals surface area contributed by atoms with Gasteiger partial charge in [-0.15, -0.1) is 0 Å². The van der Waals surface area contributed by atoms with Gasteiger partial charge in [-0.25, -0.2) is 0 Å². The number of fused-ring (bicyclic) bond motifs is 1. The molecule has 0 radical (unpaired) electrons. The summed E-state index contributed by atoms with van der Waals surface area (Å²) in [5.41, 5.74) is -0.297. The van der Waals surface area contributed by atoms with E-state index in [9.17, 15) is 4.79 Å². The van der Waals surface area contributed by atoms with E-state index in [0.717, 1.165) is 25.7 Å². The Morgan fingerprint density at radius 1 is 1.62 bits per heavy atom. The molecular formula is C10H16O3. The Labute approximate surface area is 78.4 Å². The van der Waals surface area contributed by atoms with Crippen LogP contribution in [0, 0.1) is 5.41 Å². The minimum atomic E-state index is -0.297. The molecule has 1 aliphatic heterocycles. The van der Waals surface area contributed by atoms with Gasteiger partial charge in [0, 0.05) is 0 Å². The molecule has 2 fully saturated rings. The quantitative estimate of drug-likeness (QED) is 0.579. The zero-order valence-corrected chi connectivity index (χ0v) is 8.21. The Kier molecular flexibility index (Phi) is 2.06. The lowest BCUT2D eigenvalue weighted by Gasteiger charge is -2.23. The summed E-state index contributed by atoms with van der Waals surface area (Å²) in [6.07, 6.45) is 4.21. The largest absolute Gasteiger partial charge is 0.469 e. The third kappa shape index (κ3) is 1.17. The molecule has 0 bridgehead atoms. The molecule has 3 heteroatoms. The minimum Gasteiger partial charge on any atom is -0.469 e. The van der Waals surface area contributed by atoms with E-state index in [1.807, 2.05) is 6.92 Å². The summed E-state index contributed by atoms with van der Waals surface area (Å²) >= 11 is 0. The van der Waals surface area contributed by atoms with Crippen LogP contribution in [0.5, 0.6) is 0 Å². The second kappa shape index (κ2) is 2.98. The van der Waals surface area contributed by atoms with Gasteiger partial charge < -0.3 is 9.47 Å². The van der Waals surface area contributed by atoms with Crippen molar-refractivity contribution in [2.75, 3.05) is 7.11 Å². The first-order valence-corrected chi connectivity index (χ1v) is 4.93. The van der Waals surface area contributed by atoms with Gasteiger partial charge in [0.2, 0.25) is 0 Å². The molecule has 3 nitrogen and oxygen atoms in total. The second-order valence-corrected chi connectivity index (χ2v) is 4.18. The van der Waals surface area contributed by atoms with E-state index in [-0.39, 0.29) is 23.6 Å². The number of hydrogen-bond donors (Lipinski definition) is 0. The first kappa shape index (κ1) is 9.00. The van der Waals surface area contributed by atoms with Crippen LogP contribution >= 0.6 is 0 Å². The molecule has 1 saturated heterocycles. The Morgan fingerprint density at radius 2 is 2.38 bits per heavy atom. The van der Waals surface area contributed by atoms with E-state index in [1.54, 1.807) is 0 Å². The summed E-state index contributed by atoms with van der Waals surface area (Å²) in [4.78, 5) is 11.7. The zero-order valence-electron chi connectivity index (χ0n) is 8.21. The molecule has 2 aliphatic rings. The van der Waals surface area contributed by atoms with Crippen molar-refractivity contribution < 1.29 is 14.3 Å². The summed E-state index contributed by atoms with van der Waals surface area (Å²) in [7, 11) is 1.47. The molecule has 1 saturated carbocycles. The maximum Gasteiger partial charge on any atom is 0.314 e. The third-order valence-corrected chi connectivity index (χ3v) is 3.35. The predicted molar refractivity (Wildman–Crippen MR) is 47.3 cm³/mol. The lowest BCUT2D eigenvalue weighted by molar-refractivity contribution is -0.154. The summed E-state index contributed by atoms with van der Waals surface area (Å²) in [6.45, 7) is 2.03. The Bertz CT molecular complexity index is 226. The monoisotopic (exact) mass is 184 g/mol. The smallest absolute Gasteiger partial charge is 0.314 e. The Hall–Kier alpha value is -0.570. The van der Waals surface area contributed by atoms with Crippen molar-refractivity contribution in [2.24, 2.45) is 5.41 Å². The van der Waals surface area contributed by atoms with Crippen molar-refractivity contribution in [2.45, 2.75) is 44.8 Å². The van der Waals surface area contributed by atoms with Crippen LogP contribution in [0.15, 0.2) is 0 Å². The average Bonchev–Trinajstić information content (AvgIpc) is 2.59. The van der Waals surface area contributed by atoms with Gasteiger partial charge in [0.1, 0.15) is 0 Å². The standard InChI is InChI=1S/C10H16O3/c1-7-6-10(9(11)12-2)5-3-4-8(10)13-7/h7-8H,3-6H2,1-2H3/t7-,8+,10-/m1/s1. The van der Waals surface area contributed by atoms with Gasteiger partial charge in [0.05, 0.1) is 24.7 Å². The highest BCUT2D eigenvalue weighted by molar-refractivity contribution is 5.78. The summed E-state index contributed by atoms with van der Waals surface area (Å²) in [6, 6.07) is 0. The molecule has 0 amide bonds. The molecule has 0 unspecified atom stereocenters. The van der Waals surface area contributed by atoms with Crippen molar-refractivity contribution >= 4 is 5.97 Å². The molecule has 1 heterocycles. The first-order chi connectivity index (χ1) is 6.19. The van der Waals surface area contributed by atoms with Crippen molar-refractivity contribution in [1.82, 2.24) is 0 Å². The van der Waals surface area contributed by atoms with Crippen LogP contribution in [-0.4, -0.2) is 25.3 Å².